The Hall–Kier alpha value is -3.40. The Labute approximate surface area is 180 Å². The third-order valence-electron chi connectivity index (χ3n) is 3.63. The molecule has 160 valence electrons. The van der Waals surface area contributed by atoms with Crippen LogP contribution in [0.1, 0.15) is 27.7 Å². The number of ether oxygens (including phenoxy) is 2. The third kappa shape index (κ3) is 15.6. The molecule has 0 rings (SSSR count). The van der Waals surface area contributed by atoms with Crippen molar-refractivity contribution in [1.82, 2.24) is 0 Å². The molecule has 0 saturated heterocycles. The van der Waals surface area contributed by atoms with Crippen molar-refractivity contribution in [2.24, 2.45) is 0 Å². The van der Waals surface area contributed by atoms with Gasteiger partial charge in [0.25, 0.3) is 0 Å². The standard InChI is InChI=1S/C26H32O4/c1-21(13-9-15-23(3)17-19-25(27)29-5)11-7-8-12-22(2)14-10-16-24(4)18-20-26(28)30-6/h7-20H,1-6H3/b8-7+,13-9+,14-10+,19-17+,20-18+,21-11+,22-12+,23-15-,24-16+. The van der Waals surface area contributed by atoms with Crippen LogP contribution in [-0.4, -0.2) is 26.2 Å². The molecule has 0 fully saturated rings. The molecular weight excluding hydrogens is 376 g/mol. The first-order chi connectivity index (χ1) is 14.3. The highest BCUT2D eigenvalue weighted by Gasteiger charge is 1.90. The number of rotatable bonds is 10. The van der Waals surface area contributed by atoms with E-state index in [2.05, 4.69) is 9.47 Å². The van der Waals surface area contributed by atoms with E-state index >= 15 is 0 Å². The van der Waals surface area contributed by atoms with Crippen LogP contribution < -0.4 is 0 Å². The van der Waals surface area contributed by atoms with Gasteiger partial charge in [-0.1, -0.05) is 95.2 Å². The summed E-state index contributed by atoms with van der Waals surface area (Å²) in [5.41, 5.74) is 4.11. The van der Waals surface area contributed by atoms with Crippen molar-refractivity contribution >= 4 is 11.9 Å². The lowest BCUT2D eigenvalue weighted by Gasteiger charge is -1.92. The predicted octanol–water partition coefficient (Wildman–Crippen LogP) is 5.90. The Kier molecular flexibility index (Phi) is 14.7. The van der Waals surface area contributed by atoms with Crippen molar-refractivity contribution in [1.29, 1.82) is 0 Å². The van der Waals surface area contributed by atoms with Gasteiger partial charge in [-0.15, -0.1) is 0 Å². The molecule has 0 amide bonds. The van der Waals surface area contributed by atoms with Gasteiger partial charge in [-0.3, -0.25) is 0 Å². The molecule has 0 heterocycles. The lowest BCUT2D eigenvalue weighted by Crippen LogP contribution is -1.93. The van der Waals surface area contributed by atoms with E-state index in [4.69, 9.17) is 0 Å². The summed E-state index contributed by atoms with van der Waals surface area (Å²) in [4.78, 5) is 22.1. The van der Waals surface area contributed by atoms with Gasteiger partial charge in [0.1, 0.15) is 0 Å². The fourth-order valence-electron chi connectivity index (χ4n) is 1.88. The van der Waals surface area contributed by atoms with Crippen LogP contribution in [0.25, 0.3) is 0 Å². The number of hydrogen-bond donors (Lipinski definition) is 0. The smallest absolute Gasteiger partial charge is 0.330 e. The molecule has 0 atom stereocenters. The zero-order chi connectivity index (χ0) is 22.8. The van der Waals surface area contributed by atoms with Crippen LogP contribution in [0.4, 0.5) is 0 Å². The summed E-state index contributed by atoms with van der Waals surface area (Å²) in [5, 5.41) is 0. The SMILES string of the molecule is COC(=O)/C=C/C(C)=C\C=C\C(C)=C\C=C\C=C(C)\C=C\C=C(C)\C=C\C(=O)OC. The Morgan fingerprint density at radius 3 is 1.10 bits per heavy atom. The first-order valence-electron chi connectivity index (χ1n) is 9.52. The average molecular weight is 409 g/mol. The summed E-state index contributed by atoms with van der Waals surface area (Å²) < 4.78 is 9.10. The van der Waals surface area contributed by atoms with E-state index in [-0.39, 0.29) is 11.9 Å². The van der Waals surface area contributed by atoms with Crippen LogP contribution >= 0.6 is 0 Å². The van der Waals surface area contributed by atoms with Crippen molar-refractivity contribution in [3.8, 4) is 0 Å². The highest BCUT2D eigenvalue weighted by Crippen LogP contribution is 2.02. The van der Waals surface area contributed by atoms with Gasteiger partial charge in [0, 0.05) is 12.2 Å². The van der Waals surface area contributed by atoms with E-state index in [1.807, 2.05) is 88.5 Å². The summed E-state index contributed by atoms with van der Waals surface area (Å²) in [5.74, 6) is -0.736. The van der Waals surface area contributed by atoms with Gasteiger partial charge in [0.05, 0.1) is 14.2 Å². The van der Waals surface area contributed by atoms with E-state index < -0.39 is 0 Å². The van der Waals surface area contributed by atoms with Gasteiger partial charge < -0.3 is 9.47 Å². The van der Waals surface area contributed by atoms with E-state index in [0.717, 1.165) is 22.3 Å². The van der Waals surface area contributed by atoms with Crippen LogP contribution in [-0.2, 0) is 19.1 Å². The molecule has 0 radical (unpaired) electrons. The van der Waals surface area contributed by atoms with Crippen molar-refractivity contribution in [2.45, 2.75) is 27.7 Å². The van der Waals surface area contributed by atoms with Crippen molar-refractivity contribution < 1.29 is 19.1 Å². The monoisotopic (exact) mass is 408 g/mol. The molecule has 0 aromatic heterocycles. The molecule has 0 saturated carbocycles. The molecule has 0 N–H and O–H groups in total. The van der Waals surface area contributed by atoms with Crippen molar-refractivity contribution in [3.05, 3.63) is 107 Å². The zero-order valence-electron chi connectivity index (χ0n) is 18.7. The van der Waals surface area contributed by atoms with E-state index in [9.17, 15) is 9.59 Å². The highest BCUT2D eigenvalue weighted by molar-refractivity contribution is 5.82. The van der Waals surface area contributed by atoms with E-state index in [1.165, 1.54) is 26.4 Å². The number of methoxy groups -OCH3 is 2. The summed E-state index contributed by atoms with van der Waals surface area (Å²) in [6, 6.07) is 0. The molecule has 0 bridgehead atoms. The molecule has 0 aliphatic rings. The summed E-state index contributed by atoms with van der Waals surface area (Å²) in [6.45, 7) is 7.85. The van der Waals surface area contributed by atoms with E-state index in [1.54, 1.807) is 12.2 Å². The first kappa shape index (κ1) is 26.6. The second kappa shape index (κ2) is 16.5. The van der Waals surface area contributed by atoms with Gasteiger partial charge in [0.15, 0.2) is 0 Å². The molecule has 0 aliphatic carbocycles. The molecule has 4 heteroatoms. The molecule has 0 aromatic carbocycles. The summed E-state index contributed by atoms with van der Waals surface area (Å²) in [6.07, 6.45) is 25.9. The van der Waals surface area contributed by atoms with Crippen LogP contribution in [0, 0.1) is 0 Å². The van der Waals surface area contributed by atoms with Gasteiger partial charge in [-0.25, -0.2) is 9.59 Å². The summed E-state index contributed by atoms with van der Waals surface area (Å²) >= 11 is 0. The van der Waals surface area contributed by atoms with Gasteiger partial charge in [-0.2, -0.15) is 0 Å². The minimum absolute atomic E-state index is 0.368. The second-order valence-electron chi connectivity index (χ2n) is 6.46. The maximum atomic E-state index is 11.0. The maximum absolute atomic E-state index is 11.0. The number of carbonyl (C=O) groups is 2. The summed E-state index contributed by atoms with van der Waals surface area (Å²) in [7, 11) is 2.71. The second-order valence-corrected chi connectivity index (χ2v) is 6.46. The van der Waals surface area contributed by atoms with Crippen molar-refractivity contribution in [3.63, 3.8) is 0 Å². The third-order valence-corrected chi connectivity index (χ3v) is 3.63. The normalized spacial score (nSPS) is 14.7. The van der Waals surface area contributed by atoms with Crippen molar-refractivity contribution in [2.75, 3.05) is 14.2 Å². The van der Waals surface area contributed by atoms with Crippen LogP contribution in [0.3, 0.4) is 0 Å². The number of esters is 2. The lowest BCUT2D eigenvalue weighted by molar-refractivity contribution is -0.135. The number of allylic oxidation sites excluding steroid dienone is 16. The highest BCUT2D eigenvalue weighted by atomic mass is 16.5. The van der Waals surface area contributed by atoms with Gasteiger partial charge >= 0.3 is 11.9 Å². The molecule has 4 nitrogen and oxygen atoms in total. The quantitative estimate of drug-likeness (QED) is 0.257. The number of hydrogen-bond acceptors (Lipinski definition) is 4. The zero-order valence-corrected chi connectivity index (χ0v) is 18.7. The van der Waals surface area contributed by atoms with Gasteiger partial charge in [-0.05, 0) is 27.7 Å². The van der Waals surface area contributed by atoms with Crippen LogP contribution in [0.2, 0.25) is 0 Å². The largest absolute Gasteiger partial charge is 0.466 e. The molecule has 30 heavy (non-hydrogen) atoms. The van der Waals surface area contributed by atoms with Crippen LogP contribution in [0.5, 0.6) is 0 Å². The molecule has 0 aliphatic heterocycles. The van der Waals surface area contributed by atoms with Gasteiger partial charge in [0.2, 0.25) is 0 Å². The number of carbonyl (C=O) groups excluding carboxylic acids is 2. The Bertz CT molecular complexity index is 768. The Morgan fingerprint density at radius 2 is 0.767 bits per heavy atom. The first-order valence-corrected chi connectivity index (χ1v) is 9.52. The van der Waals surface area contributed by atoms with Crippen LogP contribution in [0.15, 0.2) is 107 Å². The minimum Gasteiger partial charge on any atom is -0.466 e. The minimum atomic E-state index is -0.368. The fraction of sp³-hybridized carbons (Fsp3) is 0.231. The molecule has 0 aromatic rings. The Balaban J connectivity index is 4.68. The molecule has 0 spiro atoms. The average Bonchev–Trinajstić information content (AvgIpc) is 2.73. The lowest BCUT2D eigenvalue weighted by atomic mass is 10.2. The Morgan fingerprint density at radius 1 is 0.467 bits per heavy atom. The molecular formula is C26H32O4. The topological polar surface area (TPSA) is 52.6 Å². The fourth-order valence-corrected chi connectivity index (χ4v) is 1.88. The predicted molar refractivity (Wildman–Crippen MR) is 125 cm³/mol. The van der Waals surface area contributed by atoms with E-state index in [0.29, 0.717) is 0 Å². The molecule has 0 unspecified atom stereocenters. The maximum Gasteiger partial charge on any atom is 0.330 e.